The first-order chi connectivity index (χ1) is 13.1. The topological polar surface area (TPSA) is 75.5 Å². The molecule has 3 rings (SSSR count). The fourth-order valence-corrected chi connectivity index (χ4v) is 3.21. The number of rotatable bonds is 6. The van der Waals surface area contributed by atoms with Crippen LogP contribution in [0.2, 0.25) is 0 Å². The lowest BCUT2D eigenvalue weighted by Crippen LogP contribution is -2.43. The Kier molecular flexibility index (Phi) is 6.33. The van der Waals surface area contributed by atoms with Crippen molar-refractivity contribution in [3.05, 3.63) is 81.9 Å². The average molecular weight is 365 g/mol. The van der Waals surface area contributed by atoms with Gasteiger partial charge in [0.25, 0.3) is 5.69 Å². The third kappa shape index (κ3) is 5.76. The normalized spacial score (nSPS) is 15.7. The van der Waals surface area contributed by atoms with Crippen LogP contribution in [0.25, 0.3) is 6.08 Å². The van der Waals surface area contributed by atoms with Crippen molar-refractivity contribution in [3.63, 3.8) is 0 Å². The van der Waals surface area contributed by atoms with Crippen molar-refractivity contribution in [1.82, 2.24) is 10.2 Å². The first-order valence-electron chi connectivity index (χ1n) is 9.09. The highest BCUT2D eigenvalue weighted by Crippen LogP contribution is 2.15. The molecule has 0 atom stereocenters. The van der Waals surface area contributed by atoms with Gasteiger partial charge >= 0.3 is 0 Å². The molecule has 1 amide bonds. The van der Waals surface area contributed by atoms with E-state index in [9.17, 15) is 14.9 Å². The Morgan fingerprint density at radius 1 is 1.11 bits per heavy atom. The summed E-state index contributed by atoms with van der Waals surface area (Å²) in [5.41, 5.74) is 2.11. The number of nitro groups is 1. The summed E-state index contributed by atoms with van der Waals surface area (Å²) < 4.78 is 0. The minimum atomic E-state index is -0.440. The largest absolute Gasteiger partial charge is 0.350 e. The van der Waals surface area contributed by atoms with Crippen LogP contribution in [0.15, 0.2) is 60.7 Å². The van der Waals surface area contributed by atoms with Gasteiger partial charge in [0.05, 0.1) is 4.92 Å². The lowest BCUT2D eigenvalue weighted by Gasteiger charge is -2.32. The van der Waals surface area contributed by atoms with E-state index in [2.05, 4.69) is 34.5 Å². The molecule has 1 fully saturated rings. The minimum absolute atomic E-state index is 0.0406. The maximum absolute atomic E-state index is 12.1. The minimum Gasteiger partial charge on any atom is -0.350 e. The number of hydrogen-bond acceptors (Lipinski definition) is 4. The van der Waals surface area contributed by atoms with E-state index in [0.29, 0.717) is 0 Å². The standard InChI is InChI=1S/C21H23N3O3/c25-21(11-8-17-6-9-20(10-7-17)24(26)27)22-19-12-14-23(15-13-19)16-18-4-2-1-3-5-18/h1-11,19H,12-16H2,(H,22,25)/b11-8+. The summed E-state index contributed by atoms with van der Waals surface area (Å²) in [6.45, 7) is 2.87. The molecule has 1 saturated heterocycles. The Hall–Kier alpha value is -2.99. The Morgan fingerprint density at radius 3 is 2.41 bits per heavy atom. The second kappa shape index (κ2) is 9.09. The third-order valence-corrected chi connectivity index (χ3v) is 4.71. The third-order valence-electron chi connectivity index (χ3n) is 4.71. The Bertz CT molecular complexity index is 795. The highest BCUT2D eigenvalue weighted by molar-refractivity contribution is 5.91. The van der Waals surface area contributed by atoms with E-state index in [0.717, 1.165) is 38.0 Å². The van der Waals surface area contributed by atoms with Crippen LogP contribution in [0.1, 0.15) is 24.0 Å². The van der Waals surface area contributed by atoms with Gasteiger partial charge in [-0.1, -0.05) is 30.3 Å². The Morgan fingerprint density at radius 2 is 1.78 bits per heavy atom. The van der Waals surface area contributed by atoms with E-state index in [-0.39, 0.29) is 17.6 Å². The monoisotopic (exact) mass is 365 g/mol. The fourth-order valence-electron chi connectivity index (χ4n) is 3.21. The van der Waals surface area contributed by atoms with Crippen molar-refractivity contribution in [3.8, 4) is 0 Å². The van der Waals surface area contributed by atoms with E-state index in [1.165, 1.54) is 23.8 Å². The molecule has 2 aromatic rings. The SMILES string of the molecule is O=C(/C=C/c1ccc([N+](=O)[O-])cc1)NC1CCN(Cc2ccccc2)CC1. The number of piperidine rings is 1. The Balaban J connectivity index is 1.43. The predicted octanol–water partition coefficient (Wildman–Crippen LogP) is 3.39. The Labute approximate surface area is 158 Å². The molecule has 0 aliphatic carbocycles. The highest BCUT2D eigenvalue weighted by Gasteiger charge is 2.19. The fraction of sp³-hybridized carbons (Fsp3) is 0.286. The van der Waals surface area contributed by atoms with Crippen LogP contribution >= 0.6 is 0 Å². The zero-order valence-electron chi connectivity index (χ0n) is 15.1. The van der Waals surface area contributed by atoms with Gasteiger partial charge in [0.1, 0.15) is 0 Å². The maximum Gasteiger partial charge on any atom is 0.269 e. The molecule has 0 aromatic heterocycles. The molecule has 140 valence electrons. The van der Waals surface area contributed by atoms with Crippen LogP contribution in [-0.4, -0.2) is 34.9 Å². The molecular weight excluding hydrogens is 342 g/mol. The summed E-state index contributed by atoms with van der Waals surface area (Å²) in [7, 11) is 0. The number of hydrogen-bond donors (Lipinski definition) is 1. The number of likely N-dealkylation sites (tertiary alicyclic amines) is 1. The molecular formula is C21H23N3O3. The molecule has 0 unspecified atom stereocenters. The number of nitro benzene ring substituents is 1. The lowest BCUT2D eigenvalue weighted by molar-refractivity contribution is -0.384. The zero-order valence-corrected chi connectivity index (χ0v) is 15.1. The van der Waals surface area contributed by atoms with Gasteiger partial charge in [0, 0.05) is 43.9 Å². The molecule has 6 heteroatoms. The van der Waals surface area contributed by atoms with Gasteiger partial charge in [-0.2, -0.15) is 0 Å². The quantitative estimate of drug-likeness (QED) is 0.484. The van der Waals surface area contributed by atoms with Crippen LogP contribution in [0.3, 0.4) is 0 Å². The van der Waals surface area contributed by atoms with Crippen molar-refractivity contribution in [1.29, 1.82) is 0 Å². The number of carbonyl (C=O) groups is 1. The molecule has 27 heavy (non-hydrogen) atoms. The summed E-state index contributed by atoms with van der Waals surface area (Å²) >= 11 is 0. The molecule has 0 saturated carbocycles. The summed E-state index contributed by atoms with van der Waals surface area (Å²) in [6, 6.07) is 16.7. The number of carbonyl (C=O) groups excluding carboxylic acids is 1. The van der Waals surface area contributed by atoms with E-state index >= 15 is 0 Å². The second-order valence-corrected chi connectivity index (χ2v) is 6.73. The van der Waals surface area contributed by atoms with Gasteiger partial charge in [-0.15, -0.1) is 0 Å². The van der Waals surface area contributed by atoms with Crippen molar-refractivity contribution in [2.75, 3.05) is 13.1 Å². The molecule has 0 radical (unpaired) electrons. The van der Waals surface area contributed by atoms with Gasteiger partial charge in [-0.05, 0) is 42.2 Å². The van der Waals surface area contributed by atoms with Crippen molar-refractivity contribution in [2.45, 2.75) is 25.4 Å². The summed E-state index contributed by atoms with van der Waals surface area (Å²) in [6.07, 6.45) is 5.02. The lowest BCUT2D eigenvalue weighted by atomic mass is 10.0. The molecule has 1 N–H and O–H groups in total. The zero-order chi connectivity index (χ0) is 19.1. The predicted molar refractivity (Wildman–Crippen MR) is 105 cm³/mol. The van der Waals surface area contributed by atoms with Crippen LogP contribution in [0, 0.1) is 10.1 Å². The van der Waals surface area contributed by atoms with Crippen molar-refractivity contribution in [2.24, 2.45) is 0 Å². The molecule has 1 aliphatic heterocycles. The van der Waals surface area contributed by atoms with Gasteiger partial charge in [0.15, 0.2) is 0 Å². The van der Waals surface area contributed by atoms with Crippen LogP contribution in [-0.2, 0) is 11.3 Å². The number of benzene rings is 2. The smallest absolute Gasteiger partial charge is 0.269 e. The highest BCUT2D eigenvalue weighted by atomic mass is 16.6. The summed E-state index contributed by atoms with van der Waals surface area (Å²) in [5, 5.41) is 13.7. The second-order valence-electron chi connectivity index (χ2n) is 6.73. The molecule has 0 bridgehead atoms. The van der Waals surface area contributed by atoms with Crippen molar-refractivity contribution >= 4 is 17.7 Å². The van der Waals surface area contributed by atoms with Gasteiger partial charge in [-0.3, -0.25) is 19.8 Å². The molecule has 6 nitrogen and oxygen atoms in total. The van der Waals surface area contributed by atoms with E-state index < -0.39 is 4.92 Å². The number of amides is 1. The van der Waals surface area contributed by atoms with Crippen LogP contribution in [0.5, 0.6) is 0 Å². The van der Waals surface area contributed by atoms with E-state index in [4.69, 9.17) is 0 Å². The van der Waals surface area contributed by atoms with Gasteiger partial charge < -0.3 is 5.32 Å². The number of non-ortho nitro benzene ring substituents is 1. The first kappa shape index (κ1) is 18.8. The molecule has 1 heterocycles. The van der Waals surface area contributed by atoms with E-state index in [1.54, 1.807) is 18.2 Å². The van der Waals surface area contributed by atoms with E-state index in [1.807, 2.05) is 6.07 Å². The van der Waals surface area contributed by atoms with Crippen molar-refractivity contribution < 1.29 is 9.72 Å². The molecule has 0 spiro atoms. The van der Waals surface area contributed by atoms with Crippen LogP contribution in [0.4, 0.5) is 5.69 Å². The average Bonchev–Trinajstić information content (AvgIpc) is 2.69. The number of nitrogens with zero attached hydrogens (tertiary/aromatic N) is 2. The first-order valence-corrected chi connectivity index (χ1v) is 9.09. The summed E-state index contributed by atoms with van der Waals surface area (Å²) in [4.78, 5) is 24.7. The van der Waals surface area contributed by atoms with Crippen LogP contribution < -0.4 is 5.32 Å². The van der Waals surface area contributed by atoms with Gasteiger partial charge in [-0.25, -0.2) is 0 Å². The summed E-state index contributed by atoms with van der Waals surface area (Å²) in [5.74, 6) is -0.130. The maximum atomic E-state index is 12.1. The molecule has 1 aliphatic rings. The van der Waals surface area contributed by atoms with Gasteiger partial charge in [0.2, 0.25) is 5.91 Å². The molecule has 2 aromatic carbocycles. The number of nitrogens with one attached hydrogen (secondary N) is 1.